The number of hydrogen-bond acceptors (Lipinski definition) is 6. The summed E-state index contributed by atoms with van der Waals surface area (Å²) in [7, 11) is -2.23. The van der Waals surface area contributed by atoms with Gasteiger partial charge in [0.15, 0.2) is 5.82 Å². The number of nitrogens with zero attached hydrogens (tertiary/aromatic N) is 3. The van der Waals surface area contributed by atoms with E-state index in [1.54, 1.807) is 16.6 Å². The molecule has 0 spiro atoms. The second kappa shape index (κ2) is 8.17. The third-order valence-corrected chi connectivity index (χ3v) is 7.16. The smallest absolute Gasteiger partial charge is 0.244 e. The monoisotopic (exact) mass is 442 g/mol. The highest BCUT2D eigenvalue weighted by Crippen LogP contribution is 2.25. The number of nitrogens with one attached hydrogen (secondary N) is 1. The number of thiazole rings is 1. The summed E-state index contributed by atoms with van der Waals surface area (Å²) in [5, 5.41) is 6.59. The molecule has 0 aliphatic carbocycles. The van der Waals surface area contributed by atoms with Crippen molar-refractivity contribution in [1.82, 2.24) is 19.3 Å². The van der Waals surface area contributed by atoms with Crippen LogP contribution in [0.2, 0.25) is 0 Å². The molecule has 0 aliphatic rings. The van der Waals surface area contributed by atoms with Gasteiger partial charge < -0.3 is 4.74 Å². The second-order valence-corrected chi connectivity index (χ2v) is 9.55. The molecule has 0 atom stereocenters. The van der Waals surface area contributed by atoms with Gasteiger partial charge in [-0.3, -0.25) is 0 Å². The van der Waals surface area contributed by atoms with Crippen LogP contribution >= 0.6 is 11.3 Å². The zero-order chi connectivity index (χ0) is 21.3. The first-order chi connectivity index (χ1) is 14.4. The normalized spacial score (nSPS) is 11.8. The molecule has 2 aromatic heterocycles. The first kappa shape index (κ1) is 20.5. The number of aromatic nitrogens is 3. The van der Waals surface area contributed by atoms with Gasteiger partial charge in [-0.05, 0) is 37.1 Å². The van der Waals surface area contributed by atoms with Gasteiger partial charge in [0, 0.05) is 23.9 Å². The molecule has 4 aromatic rings. The van der Waals surface area contributed by atoms with Crippen molar-refractivity contribution < 1.29 is 13.2 Å². The lowest BCUT2D eigenvalue weighted by molar-refractivity contribution is 0.402. The highest BCUT2D eigenvalue weighted by molar-refractivity contribution is 7.89. The Morgan fingerprint density at radius 3 is 2.73 bits per heavy atom. The zero-order valence-electron chi connectivity index (χ0n) is 16.9. The minimum Gasteiger partial charge on any atom is -0.495 e. The van der Waals surface area contributed by atoms with Crippen molar-refractivity contribution >= 4 is 26.3 Å². The Morgan fingerprint density at radius 1 is 1.17 bits per heavy atom. The fourth-order valence-electron chi connectivity index (χ4n) is 3.22. The third-order valence-electron chi connectivity index (χ3n) is 4.82. The van der Waals surface area contributed by atoms with E-state index in [0.717, 1.165) is 27.3 Å². The standard InChI is InChI=1S/C21H22N4O3S2/c1-14-8-9-18(28-3)19(12-14)30(26,27)22-11-10-16-13-29-21-23-20(24-25(16)21)17-7-5-4-6-15(17)2/h4-9,12-13,22H,10-11H2,1-3H3. The van der Waals surface area contributed by atoms with Crippen LogP contribution < -0.4 is 9.46 Å². The number of rotatable bonds is 7. The van der Waals surface area contributed by atoms with E-state index in [0.29, 0.717) is 18.0 Å². The van der Waals surface area contributed by atoms with E-state index in [-0.39, 0.29) is 11.4 Å². The highest BCUT2D eigenvalue weighted by atomic mass is 32.2. The van der Waals surface area contributed by atoms with Gasteiger partial charge in [0.1, 0.15) is 10.6 Å². The number of sulfonamides is 1. The Hall–Kier alpha value is -2.75. The van der Waals surface area contributed by atoms with Crippen LogP contribution in [0.15, 0.2) is 52.7 Å². The molecule has 7 nitrogen and oxygen atoms in total. The van der Waals surface area contributed by atoms with Gasteiger partial charge >= 0.3 is 0 Å². The van der Waals surface area contributed by atoms with E-state index in [4.69, 9.17) is 4.74 Å². The minimum atomic E-state index is -3.69. The summed E-state index contributed by atoms with van der Waals surface area (Å²) in [6, 6.07) is 13.1. The summed E-state index contributed by atoms with van der Waals surface area (Å²) in [6.07, 6.45) is 0.490. The zero-order valence-corrected chi connectivity index (χ0v) is 18.5. The van der Waals surface area contributed by atoms with E-state index in [1.165, 1.54) is 18.4 Å². The Labute approximate surface area is 179 Å². The van der Waals surface area contributed by atoms with Crippen molar-refractivity contribution in [2.45, 2.75) is 25.2 Å². The molecule has 2 aromatic carbocycles. The van der Waals surface area contributed by atoms with Crippen LogP contribution in [0.1, 0.15) is 16.8 Å². The fraction of sp³-hybridized carbons (Fsp3) is 0.238. The molecule has 0 amide bonds. The lowest BCUT2D eigenvalue weighted by Gasteiger charge is -2.11. The molecule has 0 aliphatic heterocycles. The van der Waals surface area contributed by atoms with E-state index >= 15 is 0 Å². The van der Waals surface area contributed by atoms with Gasteiger partial charge in [-0.1, -0.05) is 30.3 Å². The van der Waals surface area contributed by atoms with Crippen LogP contribution in [-0.4, -0.2) is 36.7 Å². The number of fused-ring (bicyclic) bond motifs is 1. The van der Waals surface area contributed by atoms with Crippen LogP contribution in [0, 0.1) is 13.8 Å². The average Bonchev–Trinajstić information content (AvgIpc) is 3.30. The number of benzene rings is 2. The fourth-order valence-corrected chi connectivity index (χ4v) is 5.36. The van der Waals surface area contributed by atoms with Crippen molar-refractivity contribution in [1.29, 1.82) is 0 Å². The van der Waals surface area contributed by atoms with Crippen molar-refractivity contribution in [3.63, 3.8) is 0 Å². The Balaban J connectivity index is 1.52. The summed E-state index contributed by atoms with van der Waals surface area (Å²) in [6.45, 7) is 4.11. The van der Waals surface area contributed by atoms with Crippen molar-refractivity contribution in [2.75, 3.05) is 13.7 Å². The maximum atomic E-state index is 12.8. The second-order valence-electron chi connectivity index (χ2n) is 6.97. The van der Waals surface area contributed by atoms with Crippen LogP contribution in [0.5, 0.6) is 5.75 Å². The lowest BCUT2D eigenvalue weighted by atomic mass is 10.1. The summed E-state index contributed by atoms with van der Waals surface area (Å²) in [4.78, 5) is 5.54. The molecule has 0 unspecified atom stereocenters. The van der Waals surface area contributed by atoms with Crippen molar-refractivity contribution in [2.24, 2.45) is 0 Å². The topological polar surface area (TPSA) is 85.6 Å². The number of hydrogen-bond donors (Lipinski definition) is 1. The molecule has 30 heavy (non-hydrogen) atoms. The summed E-state index contributed by atoms with van der Waals surface area (Å²) < 4.78 is 35.2. The quantitative estimate of drug-likeness (QED) is 0.473. The van der Waals surface area contributed by atoms with Crippen LogP contribution in [-0.2, 0) is 16.4 Å². The Kier molecular flexibility index (Phi) is 5.59. The maximum Gasteiger partial charge on any atom is 0.244 e. The molecule has 1 N–H and O–H groups in total. The first-order valence-electron chi connectivity index (χ1n) is 9.42. The molecule has 0 saturated heterocycles. The average molecular weight is 443 g/mol. The maximum absolute atomic E-state index is 12.8. The van der Waals surface area contributed by atoms with E-state index < -0.39 is 10.0 Å². The summed E-state index contributed by atoms with van der Waals surface area (Å²) in [5.74, 6) is 0.997. The molecule has 2 heterocycles. The predicted octanol–water partition coefficient (Wildman–Crippen LogP) is 3.60. The van der Waals surface area contributed by atoms with E-state index in [9.17, 15) is 8.42 Å². The van der Waals surface area contributed by atoms with Gasteiger partial charge in [0.25, 0.3) is 0 Å². The number of methoxy groups -OCH3 is 1. The van der Waals surface area contributed by atoms with Crippen LogP contribution in [0.25, 0.3) is 16.3 Å². The molecule has 156 valence electrons. The SMILES string of the molecule is COc1ccc(C)cc1S(=O)(=O)NCCc1csc2nc(-c3ccccc3C)nn12. The van der Waals surface area contributed by atoms with Gasteiger partial charge in [0.05, 0.1) is 12.8 Å². The van der Waals surface area contributed by atoms with E-state index in [1.807, 2.05) is 49.6 Å². The van der Waals surface area contributed by atoms with Crippen molar-refractivity contribution in [3.8, 4) is 17.1 Å². The molecule has 0 bridgehead atoms. The number of ether oxygens (including phenoxy) is 1. The summed E-state index contributed by atoms with van der Waals surface area (Å²) >= 11 is 1.49. The van der Waals surface area contributed by atoms with Crippen LogP contribution in [0.4, 0.5) is 0 Å². The highest BCUT2D eigenvalue weighted by Gasteiger charge is 2.20. The van der Waals surface area contributed by atoms with Gasteiger partial charge in [0.2, 0.25) is 15.0 Å². The molecular formula is C21H22N4O3S2. The number of aryl methyl sites for hydroxylation is 2. The predicted molar refractivity (Wildman–Crippen MR) is 118 cm³/mol. The molecule has 4 rings (SSSR count). The van der Waals surface area contributed by atoms with Gasteiger partial charge in [-0.15, -0.1) is 16.4 Å². The first-order valence-corrected chi connectivity index (χ1v) is 11.8. The minimum absolute atomic E-state index is 0.142. The summed E-state index contributed by atoms with van der Waals surface area (Å²) in [5.41, 5.74) is 3.85. The van der Waals surface area contributed by atoms with Gasteiger partial charge in [-0.25, -0.2) is 17.7 Å². The third kappa shape index (κ3) is 3.96. The molecule has 0 saturated carbocycles. The largest absolute Gasteiger partial charge is 0.495 e. The molecular weight excluding hydrogens is 420 g/mol. The Morgan fingerprint density at radius 2 is 1.97 bits per heavy atom. The lowest BCUT2D eigenvalue weighted by Crippen LogP contribution is -2.26. The van der Waals surface area contributed by atoms with Crippen LogP contribution in [0.3, 0.4) is 0 Å². The Bertz CT molecular complexity index is 1310. The van der Waals surface area contributed by atoms with Crippen molar-refractivity contribution in [3.05, 3.63) is 64.7 Å². The molecule has 9 heteroatoms. The molecule has 0 fully saturated rings. The molecule has 0 radical (unpaired) electrons. The van der Waals surface area contributed by atoms with E-state index in [2.05, 4.69) is 14.8 Å². The van der Waals surface area contributed by atoms with Gasteiger partial charge in [-0.2, -0.15) is 4.98 Å².